The largest absolute Gasteiger partial charge is 0.463 e. The second-order valence-corrected chi connectivity index (χ2v) is 5.36. The van der Waals surface area contributed by atoms with Crippen molar-refractivity contribution >= 4 is 35.0 Å². The molecule has 22 heavy (non-hydrogen) atoms. The van der Waals surface area contributed by atoms with E-state index in [0.717, 1.165) is 23.1 Å². The maximum absolute atomic E-state index is 11.5. The normalized spacial score (nSPS) is 10.3. The zero-order valence-corrected chi connectivity index (χ0v) is 13.3. The van der Waals surface area contributed by atoms with Crippen molar-refractivity contribution in [1.29, 1.82) is 0 Å². The van der Waals surface area contributed by atoms with Crippen LogP contribution < -0.4 is 6.15 Å². The number of carbonyl (C=O) groups excluding carboxylic acids is 2. The number of carbonyl (C=O) groups is 2. The summed E-state index contributed by atoms with van der Waals surface area (Å²) in [6, 6.07) is 7.51. The Morgan fingerprint density at radius 1 is 1.23 bits per heavy atom. The molecule has 2 rings (SSSR count). The van der Waals surface area contributed by atoms with Crippen LogP contribution in [0, 0.1) is 0 Å². The predicted molar refractivity (Wildman–Crippen MR) is 83.5 cm³/mol. The SMILES string of the molecule is CC(C)OC(=O)CCC(=O)OSc1nc2ccccc2[nH]1.N. The summed E-state index contributed by atoms with van der Waals surface area (Å²) in [7, 11) is 0. The van der Waals surface area contributed by atoms with Crippen molar-refractivity contribution in [1.82, 2.24) is 16.1 Å². The van der Waals surface area contributed by atoms with Crippen LogP contribution in [0.15, 0.2) is 29.4 Å². The Hall–Kier alpha value is -2.06. The number of nitrogens with one attached hydrogen (secondary N) is 1. The average Bonchev–Trinajstić information content (AvgIpc) is 2.85. The van der Waals surface area contributed by atoms with E-state index in [2.05, 4.69) is 9.97 Å². The number of aromatic nitrogens is 2. The fourth-order valence-corrected chi connectivity index (χ4v) is 2.16. The Morgan fingerprint density at radius 3 is 2.59 bits per heavy atom. The second-order valence-electron chi connectivity index (χ2n) is 4.64. The first-order valence-corrected chi connectivity index (χ1v) is 7.30. The number of H-pyrrole nitrogens is 1. The Bertz CT molecular complexity index is 609. The van der Waals surface area contributed by atoms with E-state index in [1.165, 1.54) is 0 Å². The average molecular weight is 325 g/mol. The molecule has 7 nitrogen and oxygen atoms in total. The fourth-order valence-electron chi connectivity index (χ4n) is 1.62. The Balaban J connectivity index is 0.00000242. The quantitative estimate of drug-likeness (QED) is 0.619. The molecule has 0 amide bonds. The number of aromatic amines is 1. The van der Waals surface area contributed by atoms with Crippen LogP contribution in [0.2, 0.25) is 0 Å². The molecule has 1 aromatic heterocycles. The molecule has 2 aromatic rings. The summed E-state index contributed by atoms with van der Waals surface area (Å²) >= 11 is 0.852. The summed E-state index contributed by atoms with van der Waals surface area (Å²) in [5.41, 5.74) is 1.67. The van der Waals surface area contributed by atoms with E-state index < -0.39 is 11.9 Å². The summed E-state index contributed by atoms with van der Waals surface area (Å²) in [5, 5.41) is 0.495. The molecule has 0 aliphatic rings. The highest BCUT2D eigenvalue weighted by Crippen LogP contribution is 2.20. The number of hydrogen-bond donors (Lipinski definition) is 2. The monoisotopic (exact) mass is 325 g/mol. The van der Waals surface area contributed by atoms with Gasteiger partial charge in [-0.25, -0.2) is 4.98 Å². The van der Waals surface area contributed by atoms with Gasteiger partial charge in [-0.2, -0.15) is 0 Å². The Kier molecular flexibility index (Phi) is 6.87. The minimum Gasteiger partial charge on any atom is -0.463 e. The van der Waals surface area contributed by atoms with E-state index in [1.807, 2.05) is 24.3 Å². The highest BCUT2D eigenvalue weighted by Gasteiger charge is 2.12. The van der Waals surface area contributed by atoms with Crippen LogP contribution in [0.1, 0.15) is 26.7 Å². The minimum atomic E-state index is -0.485. The van der Waals surface area contributed by atoms with Gasteiger partial charge in [0, 0.05) is 0 Å². The van der Waals surface area contributed by atoms with E-state index >= 15 is 0 Å². The Labute approximate surface area is 132 Å². The molecule has 0 unspecified atom stereocenters. The number of esters is 1. The number of rotatable bonds is 6. The molecule has 0 fully saturated rings. The number of imidazole rings is 1. The first-order valence-electron chi connectivity index (χ1n) is 6.56. The van der Waals surface area contributed by atoms with Gasteiger partial charge in [-0.05, 0) is 26.0 Å². The van der Waals surface area contributed by atoms with Crippen LogP contribution in [0.5, 0.6) is 0 Å². The fraction of sp³-hybridized carbons (Fsp3) is 0.357. The molecule has 4 N–H and O–H groups in total. The summed E-state index contributed by atoms with van der Waals surface area (Å²) in [6.45, 7) is 3.52. The van der Waals surface area contributed by atoms with Gasteiger partial charge in [0.05, 0.1) is 30.0 Å². The van der Waals surface area contributed by atoms with Crippen LogP contribution in [0.4, 0.5) is 0 Å². The number of hydrogen-bond acceptors (Lipinski definition) is 7. The molecule has 0 atom stereocenters. The van der Waals surface area contributed by atoms with Gasteiger partial charge in [0.1, 0.15) is 12.0 Å². The smallest absolute Gasteiger partial charge is 0.318 e. The molecule has 0 radical (unpaired) electrons. The molecule has 120 valence electrons. The van der Waals surface area contributed by atoms with Crippen molar-refractivity contribution in [3.05, 3.63) is 24.3 Å². The van der Waals surface area contributed by atoms with Gasteiger partial charge in [0.15, 0.2) is 0 Å². The van der Waals surface area contributed by atoms with Crippen molar-refractivity contribution in [3.8, 4) is 0 Å². The lowest BCUT2D eigenvalue weighted by molar-refractivity contribution is -0.149. The van der Waals surface area contributed by atoms with Crippen LogP contribution >= 0.6 is 12.0 Å². The first kappa shape index (κ1) is 18.0. The maximum Gasteiger partial charge on any atom is 0.318 e. The summed E-state index contributed by atoms with van der Waals surface area (Å²) in [5.74, 6) is -0.892. The van der Waals surface area contributed by atoms with Crippen molar-refractivity contribution < 1.29 is 18.5 Å². The topological polar surface area (TPSA) is 116 Å². The molecule has 1 heterocycles. The second kappa shape index (κ2) is 8.40. The van der Waals surface area contributed by atoms with Crippen LogP contribution in [-0.4, -0.2) is 28.0 Å². The van der Waals surface area contributed by atoms with E-state index in [0.29, 0.717) is 5.16 Å². The van der Waals surface area contributed by atoms with Gasteiger partial charge >= 0.3 is 11.9 Å². The van der Waals surface area contributed by atoms with Gasteiger partial charge in [-0.15, -0.1) is 0 Å². The highest BCUT2D eigenvalue weighted by atomic mass is 32.2. The predicted octanol–water partition coefficient (Wildman–Crippen LogP) is 3.01. The molecular weight excluding hydrogens is 306 g/mol. The molecule has 8 heteroatoms. The van der Waals surface area contributed by atoms with E-state index in [4.69, 9.17) is 8.92 Å². The van der Waals surface area contributed by atoms with Crippen LogP contribution in [0.3, 0.4) is 0 Å². The molecular formula is C14H19N3O4S. The molecule has 0 aliphatic heterocycles. The number of ether oxygens (including phenoxy) is 1. The molecule has 0 saturated heterocycles. The summed E-state index contributed by atoms with van der Waals surface area (Å²) in [4.78, 5) is 30.1. The van der Waals surface area contributed by atoms with Crippen LogP contribution in [0.25, 0.3) is 11.0 Å². The molecule has 1 aromatic carbocycles. The van der Waals surface area contributed by atoms with E-state index in [-0.39, 0.29) is 25.1 Å². The Morgan fingerprint density at radius 2 is 1.91 bits per heavy atom. The van der Waals surface area contributed by atoms with Gasteiger partial charge < -0.3 is 20.1 Å². The lowest BCUT2D eigenvalue weighted by Gasteiger charge is -2.06. The highest BCUT2D eigenvalue weighted by molar-refractivity contribution is 7.94. The lowest BCUT2D eigenvalue weighted by Crippen LogP contribution is -2.13. The molecule has 0 spiro atoms. The third kappa shape index (κ3) is 5.38. The van der Waals surface area contributed by atoms with Gasteiger partial charge in [-0.3, -0.25) is 9.59 Å². The van der Waals surface area contributed by atoms with Crippen molar-refractivity contribution in [2.75, 3.05) is 0 Å². The molecule has 0 saturated carbocycles. The zero-order chi connectivity index (χ0) is 15.2. The summed E-state index contributed by atoms with van der Waals surface area (Å²) < 4.78 is 9.92. The molecule has 0 bridgehead atoms. The van der Waals surface area contributed by atoms with Crippen molar-refractivity contribution in [3.63, 3.8) is 0 Å². The standard InChI is InChI=1S/C14H16N2O4S.H3N/c1-9(2)19-12(17)7-8-13(18)20-21-14-15-10-5-3-4-6-11(10)16-14;/h3-6,9H,7-8H2,1-2H3,(H,15,16);1H3. The van der Waals surface area contributed by atoms with Gasteiger partial charge in [-0.1, -0.05) is 12.1 Å². The number of fused-ring (bicyclic) bond motifs is 1. The number of nitrogens with zero attached hydrogens (tertiary/aromatic N) is 1. The molecule has 0 aliphatic carbocycles. The van der Waals surface area contributed by atoms with Crippen molar-refractivity contribution in [2.45, 2.75) is 37.9 Å². The van der Waals surface area contributed by atoms with Gasteiger partial charge in [0.2, 0.25) is 5.16 Å². The maximum atomic E-state index is 11.5. The number of benzene rings is 1. The number of para-hydroxylation sites is 2. The van der Waals surface area contributed by atoms with Crippen LogP contribution in [-0.2, 0) is 18.5 Å². The van der Waals surface area contributed by atoms with Crippen molar-refractivity contribution in [2.24, 2.45) is 0 Å². The third-order valence-corrected chi connectivity index (χ3v) is 3.10. The van der Waals surface area contributed by atoms with Gasteiger partial charge in [0.25, 0.3) is 0 Å². The summed E-state index contributed by atoms with van der Waals surface area (Å²) in [6.07, 6.45) is -0.185. The first-order chi connectivity index (χ1) is 10.0. The zero-order valence-electron chi connectivity index (χ0n) is 12.5. The third-order valence-electron chi connectivity index (χ3n) is 2.48. The van der Waals surface area contributed by atoms with E-state index in [9.17, 15) is 9.59 Å². The minimum absolute atomic E-state index is 0. The van der Waals surface area contributed by atoms with E-state index in [1.54, 1.807) is 13.8 Å². The lowest BCUT2D eigenvalue weighted by atomic mass is 10.3.